The number of sulfonamides is 1. The Morgan fingerprint density at radius 1 is 1.16 bits per heavy atom. The molecule has 0 aliphatic carbocycles. The molecule has 0 amide bonds. The molecule has 0 bridgehead atoms. The van der Waals surface area contributed by atoms with Crippen molar-refractivity contribution >= 4 is 21.5 Å². The predicted octanol–water partition coefficient (Wildman–Crippen LogP) is 2.60. The van der Waals surface area contributed by atoms with E-state index in [9.17, 15) is 13.2 Å². The third-order valence-corrected chi connectivity index (χ3v) is 5.81. The molecular weight excluding hydrogens is 262 g/mol. The highest BCUT2D eigenvalue weighted by atomic mass is 32.2. The van der Waals surface area contributed by atoms with Gasteiger partial charge in [0.05, 0.1) is 10.4 Å². The van der Waals surface area contributed by atoms with Gasteiger partial charge in [-0.25, -0.2) is 8.42 Å². The van der Waals surface area contributed by atoms with Crippen molar-refractivity contribution in [3.63, 3.8) is 0 Å². The van der Waals surface area contributed by atoms with E-state index >= 15 is 0 Å². The quantitative estimate of drug-likeness (QED) is 0.795. The van der Waals surface area contributed by atoms with E-state index in [4.69, 9.17) is 0 Å². The van der Waals surface area contributed by atoms with Crippen LogP contribution in [0.1, 0.15) is 44.0 Å². The lowest BCUT2D eigenvalue weighted by Gasteiger charge is -2.31. The number of ketones is 1. The molecule has 0 spiro atoms. The summed E-state index contributed by atoms with van der Waals surface area (Å²) in [5, 5.41) is 0. The van der Waals surface area contributed by atoms with Crippen molar-refractivity contribution in [2.24, 2.45) is 0 Å². The first-order chi connectivity index (χ1) is 8.75. The summed E-state index contributed by atoms with van der Waals surface area (Å²) >= 11 is 0. The van der Waals surface area contributed by atoms with Crippen molar-refractivity contribution in [2.75, 3.05) is 10.8 Å². The number of fused-ring (bicyclic) bond motifs is 1. The van der Waals surface area contributed by atoms with Gasteiger partial charge in [0.15, 0.2) is 5.78 Å². The van der Waals surface area contributed by atoms with Crippen LogP contribution in [-0.2, 0) is 10.0 Å². The minimum absolute atomic E-state index is 0.0159. The molecule has 2 rings (SSSR count). The lowest BCUT2D eigenvalue weighted by Crippen LogP contribution is -2.43. The van der Waals surface area contributed by atoms with Crippen molar-refractivity contribution < 1.29 is 13.2 Å². The predicted molar refractivity (Wildman–Crippen MR) is 76.0 cm³/mol. The molecule has 5 heteroatoms. The van der Waals surface area contributed by atoms with Gasteiger partial charge in [-0.1, -0.05) is 12.1 Å². The van der Waals surface area contributed by atoms with Gasteiger partial charge < -0.3 is 0 Å². The van der Waals surface area contributed by atoms with Crippen LogP contribution >= 0.6 is 0 Å². The number of Topliss-reactive ketones (excluding diaryl/α,β-unsaturated/α-hetero) is 1. The van der Waals surface area contributed by atoms with Gasteiger partial charge in [-0.15, -0.1) is 0 Å². The van der Waals surface area contributed by atoms with E-state index in [1.165, 1.54) is 4.31 Å². The van der Waals surface area contributed by atoms with E-state index in [0.717, 1.165) is 0 Å². The number of nitrogens with zero attached hydrogens (tertiary/aromatic N) is 1. The highest BCUT2D eigenvalue weighted by Gasteiger charge is 2.37. The second kappa shape index (κ2) is 4.63. The Balaban J connectivity index is 2.60. The molecule has 0 saturated carbocycles. The number of carbonyl (C=O) groups is 1. The number of carbonyl (C=O) groups excluding carboxylic acids is 1. The number of hydrogen-bond acceptors (Lipinski definition) is 3. The van der Waals surface area contributed by atoms with Crippen molar-refractivity contribution in [3.8, 4) is 0 Å². The van der Waals surface area contributed by atoms with Gasteiger partial charge >= 0.3 is 0 Å². The van der Waals surface area contributed by atoms with Gasteiger partial charge in [0.25, 0.3) is 0 Å². The van der Waals surface area contributed by atoms with E-state index < -0.39 is 14.8 Å². The molecule has 104 valence electrons. The van der Waals surface area contributed by atoms with Crippen molar-refractivity contribution in [1.29, 1.82) is 0 Å². The number of anilines is 1. The van der Waals surface area contributed by atoms with Crippen LogP contribution in [0.3, 0.4) is 0 Å². The zero-order chi connectivity index (χ0) is 14.3. The fourth-order valence-corrected chi connectivity index (χ4v) is 3.59. The summed E-state index contributed by atoms with van der Waals surface area (Å²) in [6.07, 6.45) is 0.954. The molecule has 1 aliphatic rings. The standard InChI is InChI=1S/C14H19NO3S/c1-14(2,3)19(17,18)15-10-6-9-13(16)11-7-4-5-8-12(11)15/h4-5,7-8H,6,9-10H2,1-3H3. The Morgan fingerprint density at radius 3 is 2.42 bits per heavy atom. The van der Waals surface area contributed by atoms with Crippen LogP contribution < -0.4 is 4.31 Å². The largest absolute Gasteiger partial charge is 0.294 e. The number of benzene rings is 1. The van der Waals surface area contributed by atoms with Gasteiger partial charge in [0.2, 0.25) is 10.0 Å². The molecule has 19 heavy (non-hydrogen) atoms. The molecule has 0 fully saturated rings. The monoisotopic (exact) mass is 281 g/mol. The van der Waals surface area contributed by atoms with Gasteiger partial charge in [0, 0.05) is 18.5 Å². The molecule has 0 N–H and O–H groups in total. The summed E-state index contributed by atoms with van der Waals surface area (Å²) in [7, 11) is -3.48. The highest BCUT2D eigenvalue weighted by molar-refractivity contribution is 7.94. The topological polar surface area (TPSA) is 54.5 Å². The summed E-state index contributed by atoms with van der Waals surface area (Å²) < 4.78 is 25.8. The molecule has 1 heterocycles. The Kier molecular flexibility index (Phi) is 3.43. The lowest BCUT2D eigenvalue weighted by molar-refractivity contribution is 0.0984. The number of rotatable bonds is 1. The third-order valence-electron chi connectivity index (χ3n) is 3.30. The average molecular weight is 281 g/mol. The van der Waals surface area contributed by atoms with E-state index in [2.05, 4.69) is 0 Å². The maximum absolute atomic E-state index is 12.6. The van der Waals surface area contributed by atoms with Crippen LogP contribution in [-0.4, -0.2) is 25.5 Å². The molecule has 1 aliphatic heterocycles. The summed E-state index contributed by atoms with van der Waals surface area (Å²) in [5.74, 6) is 0.0159. The number of hydrogen-bond donors (Lipinski definition) is 0. The van der Waals surface area contributed by atoms with Crippen LogP contribution in [0.15, 0.2) is 24.3 Å². The second-order valence-electron chi connectivity index (χ2n) is 5.73. The maximum Gasteiger partial charge on any atom is 0.240 e. The van der Waals surface area contributed by atoms with Crippen LogP contribution in [0, 0.1) is 0 Å². The fourth-order valence-electron chi connectivity index (χ4n) is 2.15. The van der Waals surface area contributed by atoms with Crippen LogP contribution in [0.4, 0.5) is 5.69 Å². The van der Waals surface area contributed by atoms with Gasteiger partial charge in [-0.2, -0.15) is 0 Å². The van der Waals surface area contributed by atoms with E-state index in [0.29, 0.717) is 30.6 Å². The average Bonchev–Trinajstić information content (AvgIpc) is 2.48. The zero-order valence-electron chi connectivity index (χ0n) is 11.5. The van der Waals surface area contributed by atoms with Crippen molar-refractivity contribution in [2.45, 2.75) is 38.4 Å². The van der Waals surface area contributed by atoms with Gasteiger partial charge in [-0.05, 0) is 39.3 Å². The van der Waals surface area contributed by atoms with Crippen LogP contribution in [0.5, 0.6) is 0 Å². The Hall–Kier alpha value is -1.36. The van der Waals surface area contributed by atoms with Crippen LogP contribution in [0.2, 0.25) is 0 Å². The highest BCUT2D eigenvalue weighted by Crippen LogP contribution is 2.32. The molecule has 1 aromatic rings. The molecular formula is C14H19NO3S. The third kappa shape index (κ3) is 2.39. The fraction of sp³-hybridized carbons (Fsp3) is 0.500. The summed E-state index contributed by atoms with van der Waals surface area (Å²) in [5.41, 5.74) is 1.02. The smallest absolute Gasteiger partial charge is 0.240 e. The minimum Gasteiger partial charge on any atom is -0.294 e. The first-order valence-corrected chi connectivity index (χ1v) is 7.83. The van der Waals surface area contributed by atoms with E-state index in [1.807, 2.05) is 0 Å². The molecule has 0 aromatic heterocycles. The molecule has 0 unspecified atom stereocenters. The summed E-state index contributed by atoms with van der Waals surface area (Å²) in [6, 6.07) is 6.95. The van der Waals surface area contributed by atoms with E-state index in [-0.39, 0.29) is 5.78 Å². The summed E-state index contributed by atoms with van der Waals surface area (Å²) in [4.78, 5) is 12.0. The summed E-state index contributed by atoms with van der Waals surface area (Å²) in [6.45, 7) is 5.40. The molecule has 0 atom stereocenters. The lowest BCUT2D eigenvalue weighted by atomic mass is 10.1. The Bertz CT molecular complexity index is 599. The van der Waals surface area contributed by atoms with E-state index in [1.54, 1.807) is 45.0 Å². The van der Waals surface area contributed by atoms with Crippen molar-refractivity contribution in [3.05, 3.63) is 29.8 Å². The maximum atomic E-state index is 12.6. The van der Waals surface area contributed by atoms with Gasteiger partial charge in [0.1, 0.15) is 0 Å². The normalized spacial score (nSPS) is 17.0. The van der Waals surface area contributed by atoms with Crippen LogP contribution in [0.25, 0.3) is 0 Å². The second-order valence-corrected chi connectivity index (χ2v) is 8.35. The number of para-hydroxylation sites is 1. The first kappa shape index (κ1) is 14.1. The molecule has 4 nitrogen and oxygen atoms in total. The van der Waals surface area contributed by atoms with Gasteiger partial charge in [-0.3, -0.25) is 9.10 Å². The molecule has 0 saturated heterocycles. The van der Waals surface area contributed by atoms with Crippen molar-refractivity contribution in [1.82, 2.24) is 0 Å². The SMILES string of the molecule is CC(C)(C)S(=O)(=O)N1CCCC(=O)c2ccccc21. The molecule has 0 radical (unpaired) electrons. The Labute approximate surface area is 114 Å². The minimum atomic E-state index is -3.48. The molecule has 1 aromatic carbocycles. The zero-order valence-corrected chi connectivity index (χ0v) is 12.3. The Morgan fingerprint density at radius 2 is 1.79 bits per heavy atom. The first-order valence-electron chi connectivity index (χ1n) is 6.39.